The molecule has 7 heteroatoms. The van der Waals surface area contributed by atoms with Crippen LogP contribution in [0.25, 0.3) is 0 Å². The summed E-state index contributed by atoms with van der Waals surface area (Å²) >= 11 is 1.65. The van der Waals surface area contributed by atoms with Crippen LogP contribution < -0.4 is 5.32 Å². The van der Waals surface area contributed by atoms with Gasteiger partial charge in [0.05, 0.1) is 26.4 Å². The third-order valence-electron chi connectivity index (χ3n) is 6.07. The lowest BCUT2D eigenvalue weighted by molar-refractivity contribution is -0.151. The van der Waals surface area contributed by atoms with Crippen LogP contribution in [-0.2, 0) is 19.0 Å². The minimum atomic E-state index is -0.478. The van der Waals surface area contributed by atoms with Crippen molar-refractivity contribution in [2.24, 2.45) is 11.8 Å². The normalized spacial score (nSPS) is 31.5. The largest absolute Gasteiger partial charge is 0.459 e. The van der Waals surface area contributed by atoms with Gasteiger partial charge in [-0.2, -0.15) is 11.3 Å². The molecule has 0 spiro atoms. The second-order valence-corrected chi connectivity index (χ2v) is 8.72. The van der Waals surface area contributed by atoms with Crippen LogP contribution in [0.4, 0.5) is 0 Å². The Kier molecular flexibility index (Phi) is 6.67. The average molecular weight is 408 g/mol. The van der Waals surface area contributed by atoms with Crippen LogP contribution in [0, 0.1) is 11.8 Å². The molecule has 1 aliphatic heterocycles. The van der Waals surface area contributed by atoms with E-state index in [-0.39, 0.29) is 24.5 Å². The van der Waals surface area contributed by atoms with E-state index < -0.39 is 6.29 Å². The number of thiophene rings is 1. The molecule has 0 saturated heterocycles. The van der Waals surface area contributed by atoms with E-state index >= 15 is 0 Å². The summed E-state index contributed by atoms with van der Waals surface area (Å²) in [4.78, 5) is 12.9. The Labute approximate surface area is 169 Å². The summed E-state index contributed by atoms with van der Waals surface area (Å²) < 4.78 is 17.0. The molecule has 3 aliphatic rings. The monoisotopic (exact) mass is 407 g/mol. The van der Waals surface area contributed by atoms with Gasteiger partial charge in [0.2, 0.25) is 6.29 Å². The van der Waals surface area contributed by atoms with E-state index in [1.807, 2.05) is 11.5 Å². The molecule has 28 heavy (non-hydrogen) atoms. The number of hydrogen-bond acceptors (Lipinski definition) is 6. The lowest BCUT2D eigenvalue weighted by Crippen LogP contribution is -2.41. The van der Waals surface area contributed by atoms with Crippen molar-refractivity contribution in [1.29, 1.82) is 0 Å². The number of carbonyl (C=O) groups excluding carboxylic acids is 1. The highest BCUT2D eigenvalue weighted by Gasteiger charge is 2.41. The molecule has 154 valence electrons. The van der Waals surface area contributed by atoms with Gasteiger partial charge in [-0.3, -0.25) is 4.79 Å². The van der Waals surface area contributed by atoms with Crippen LogP contribution in [0.1, 0.15) is 43.6 Å². The van der Waals surface area contributed by atoms with Crippen LogP contribution in [0.2, 0.25) is 0 Å². The molecule has 1 aromatic rings. The summed E-state index contributed by atoms with van der Waals surface area (Å²) in [5, 5.41) is 16.1. The van der Waals surface area contributed by atoms with Crippen molar-refractivity contribution in [2.75, 3.05) is 26.4 Å². The maximum atomic E-state index is 12.9. The molecule has 2 aliphatic carbocycles. The van der Waals surface area contributed by atoms with Gasteiger partial charge < -0.3 is 24.6 Å². The Morgan fingerprint density at radius 1 is 1.25 bits per heavy atom. The molecule has 0 aromatic carbocycles. The molecule has 4 rings (SSSR count). The number of carbonyl (C=O) groups is 1. The molecule has 6 nitrogen and oxygen atoms in total. The van der Waals surface area contributed by atoms with Crippen molar-refractivity contribution in [3.05, 3.63) is 34.2 Å². The zero-order chi connectivity index (χ0) is 19.3. The van der Waals surface area contributed by atoms with Crippen molar-refractivity contribution < 1.29 is 24.1 Å². The predicted molar refractivity (Wildman–Crippen MR) is 106 cm³/mol. The van der Waals surface area contributed by atoms with Gasteiger partial charge in [-0.15, -0.1) is 0 Å². The van der Waals surface area contributed by atoms with Crippen molar-refractivity contribution in [1.82, 2.24) is 5.32 Å². The van der Waals surface area contributed by atoms with Gasteiger partial charge in [-0.25, -0.2) is 0 Å². The minimum absolute atomic E-state index is 0.00374. The quantitative estimate of drug-likeness (QED) is 0.616. The second-order valence-electron chi connectivity index (χ2n) is 7.94. The van der Waals surface area contributed by atoms with Crippen LogP contribution in [0.5, 0.6) is 0 Å². The van der Waals surface area contributed by atoms with Crippen LogP contribution in [0.15, 0.2) is 28.7 Å². The number of ether oxygens (including phenoxy) is 3. The van der Waals surface area contributed by atoms with E-state index in [1.165, 1.54) is 24.8 Å². The molecule has 1 amide bonds. The number of rotatable bonds is 9. The number of aliphatic hydroxyl groups is 1. The molecule has 2 N–H and O–H groups in total. The zero-order valence-electron chi connectivity index (χ0n) is 16.0. The molecule has 2 heterocycles. The molecule has 5 unspecified atom stereocenters. The van der Waals surface area contributed by atoms with Crippen LogP contribution in [0.3, 0.4) is 0 Å². The van der Waals surface area contributed by atoms with Crippen molar-refractivity contribution >= 4 is 17.2 Å². The van der Waals surface area contributed by atoms with Gasteiger partial charge in [0, 0.05) is 18.4 Å². The Hall–Kier alpha value is -1.41. The van der Waals surface area contributed by atoms with E-state index in [4.69, 9.17) is 19.3 Å². The smallest absolute Gasteiger partial charge is 0.286 e. The van der Waals surface area contributed by atoms with Gasteiger partial charge in [0.1, 0.15) is 0 Å². The summed E-state index contributed by atoms with van der Waals surface area (Å²) in [6, 6.07) is 2.37. The Balaban J connectivity index is 1.37. The average Bonchev–Trinajstić information content (AvgIpc) is 3.46. The summed E-state index contributed by atoms with van der Waals surface area (Å²) in [5.74, 6) is 1.75. The van der Waals surface area contributed by atoms with E-state index in [0.29, 0.717) is 37.9 Å². The fourth-order valence-corrected chi connectivity index (χ4v) is 5.43. The standard InChI is InChI=1S/C21H29NO5S/c23-4-5-25-6-7-26-20-12-17(16-3-8-28-13-16)11-19(27-20)21(24)22-18-10-14-1-2-15(18)9-14/h3,8,11,13-15,17-18,20,23H,1-2,4-7,9-10,12H2,(H,22,24). The number of amides is 1. The number of aliphatic hydroxyl groups excluding tert-OH is 1. The fourth-order valence-electron chi connectivity index (χ4n) is 4.70. The second kappa shape index (κ2) is 9.39. The highest BCUT2D eigenvalue weighted by molar-refractivity contribution is 7.08. The first-order valence-electron chi connectivity index (χ1n) is 10.2. The zero-order valence-corrected chi connectivity index (χ0v) is 16.9. The molecule has 1 aromatic heterocycles. The predicted octanol–water partition coefficient (Wildman–Crippen LogP) is 2.79. The summed E-state index contributed by atoms with van der Waals surface area (Å²) in [7, 11) is 0. The summed E-state index contributed by atoms with van der Waals surface area (Å²) in [6.45, 7) is 1.04. The Bertz CT molecular complexity index is 676. The maximum Gasteiger partial charge on any atom is 0.286 e. The van der Waals surface area contributed by atoms with Crippen LogP contribution >= 0.6 is 11.3 Å². The summed E-state index contributed by atoms with van der Waals surface area (Å²) in [6.07, 6.45) is 7.02. The number of nitrogens with one attached hydrogen (secondary N) is 1. The molecule has 0 radical (unpaired) electrons. The van der Waals surface area contributed by atoms with Crippen molar-refractivity contribution in [3.8, 4) is 0 Å². The number of hydrogen-bond donors (Lipinski definition) is 2. The lowest BCUT2D eigenvalue weighted by atomic mass is 9.94. The molecular formula is C21H29NO5S. The van der Waals surface area contributed by atoms with E-state index in [9.17, 15) is 4.79 Å². The van der Waals surface area contributed by atoms with Gasteiger partial charge in [0.15, 0.2) is 5.76 Å². The topological polar surface area (TPSA) is 77.0 Å². The van der Waals surface area contributed by atoms with E-state index in [1.54, 1.807) is 11.3 Å². The highest BCUT2D eigenvalue weighted by Crippen LogP contribution is 2.44. The van der Waals surface area contributed by atoms with Crippen molar-refractivity contribution in [3.63, 3.8) is 0 Å². The first kappa shape index (κ1) is 19.9. The lowest BCUT2D eigenvalue weighted by Gasteiger charge is -2.30. The van der Waals surface area contributed by atoms with Crippen molar-refractivity contribution in [2.45, 2.75) is 50.4 Å². The van der Waals surface area contributed by atoms with Gasteiger partial charge in [0.25, 0.3) is 5.91 Å². The molecule has 2 fully saturated rings. The maximum absolute atomic E-state index is 12.9. The van der Waals surface area contributed by atoms with E-state index in [2.05, 4.69) is 16.8 Å². The Morgan fingerprint density at radius 2 is 2.18 bits per heavy atom. The van der Waals surface area contributed by atoms with E-state index in [0.717, 1.165) is 12.3 Å². The molecule has 5 atom stereocenters. The highest BCUT2D eigenvalue weighted by atomic mass is 32.1. The summed E-state index contributed by atoms with van der Waals surface area (Å²) in [5.41, 5.74) is 1.18. The Morgan fingerprint density at radius 3 is 2.89 bits per heavy atom. The van der Waals surface area contributed by atoms with Gasteiger partial charge in [-0.1, -0.05) is 6.42 Å². The van der Waals surface area contributed by atoms with Gasteiger partial charge in [-0.05, 0) is 59.6 Å². The first-order valence-corrected chi connectivity index (χ1v) is 11.2. The van der Waals surface area contributed by atoms with Gasteiger partial charge >= 0.3 is 0 Å². The molecule has 2 bridgehead atoms. The number of allylic oxidation sites excluding steroid dienone is 1. The fraction of sp³-hybridized carbons (Fsp3) is 0.667. The third-order valence-corrected chi connectivity index (χ3v) is 6.78. The third kappa shape index (κ3) is 4.76. The molecule has 2 saturated carbocycles. The first-order chi connectivity index (χ1) is 13.7. The number of fused-ring (bicyclic) bond motifs is 2. The van der Waals surface area contributed by atoms with Crippen LogP contribution in [-0.4, -0.2) is 49.8 Å². The molecular weight excluding hydrogens is 378 g/mol. The SMILES string of the molecule is O=C(NC1CC2CCC1C2)C1=CC(c2ccsc2)CC(OCCOCCO)O1. The minimum Gasteiger partial charge on any atom is -0.459 e.